The molecule has 0 radical (unpaired) electrons. The zero-order valence-corrected chi connectivity index (χ0v) is 24.5. The highest BCUT2D eigenvalue weighted by Gasteiger charge is 2.67. The summed E-state index contributed by atoms with van der Waals surface area (Å²) in [5.41, 5.74) is 6.03. The van der Waals surface area contributed by atoms with E-state index in [9.17, 15) is 14.7 Å². The van der Waals surface area contributed by atoms with E-state index in [0.717, 1.165) is 89.3 Å². The molecule has 0 aromatic carbocycles. The number of urea groups is 1. The first-order chi connectivity index (χ1) is 19.2. The number of fused-ring (bicyclic) bond motifs is 5. The summed E-state index contributed by atoms with van der Waals surface area (Å²) in [4.78, 5) is 27.1. The molecule has 6 rings (SSSR count). The number of nitrogens with two attached hydrogens (primary N) is 1. The van der Waals surface area contributed by atoms with Crippen molar-refractivity contribution in [2.75, 3.05) is 26.2 Å². The van der Waals surface area contributed by atoms with Gasteiger partial charge >= 0.3 is 11.7 Å². The summed E-state index contributed by atoms with van der Waals surface area (Å²) in [5.74, 6) is 1.58. The topological polar surface area (TPSA) is 121 Å². The van der Waals surface area contributed by atoms with E-state index in [-0.39, 0.29) is 40.5 Å². The monoisotopic (exact) mass is 554 g/mol. The normalized spacial score (nSPS) is 42.8. The molecule has 4 saturated carbocycles. The second-order valence-electron chi connectivity index (χ2n) is 14.3. The Labute approximate surface area is 238 Å². The molecule has 1 aromatic rings. The van der Waals surface area contributed by atoms with Crippen LogP contribution in [-0.2, 0) is 0 Å². The van der Waals surface area contributed by atoms with Crippen LogP contribution in [0.25, 0.3) is 0 Å². The van der Waals surface area contributed by atoms with Crippen LogP contribution in [0.1, 0.15) is 96.0 Å². The smallest absolute Gasteiger partial charge is 0.335 e. The maximum atomic E-state index is 13.4. The summed E-state index contributed by atoms with van der Waals surface area (Å²) in [7, 11) is 0. The van der Waals surface area contributed by atoms with Gasteiger partial charge in [-0.1, -0.05) is 13.8 Å². The van der Waals surface area contributed by atoms with Crippen LogP contribution in [0.2, 0.25) is 0 Å². The van der Waals surface area contributed by atoms with Crippen molar-refractivity contribution in [1.29, 1.82) is 0 Å². The third kappa shape index (κ3) is 4.53. The molecule has 5 aliphatic rings. The van der Waals surface area contributed by atoms with Gasteiger partial charge in [0.2, 0.25) is 0 Å². The van der Waals surface area contributed by atoms with Crippen molar-refractivity contribution in [2.24, 2.45) is 34.3 Å². The van der Waals surface area contributed by atoms with E-state index < -0.39 is 5.60 Å². The molecular formula is C32H50N4O4. The third-order valence-corrected chi connectivity index (χ3v) is 12.6. The second kappa shape index (κ2) is 10.7. The molecule has 0 unspecified atom stereocenters. The third-order valence-electron chi connectivity index (χ3n) is 12.6. The molecule has 1 saturated heterocycles. The van der Waals surface area contributed by atoms with Crippen LogP contribution in [0, 0.1) is 28.6 Å². The fourth-order valence-electron chi connectivity index (χ4n) is 10.4. The van der Waals surface area contributed by atoms with Gasteiger partial charge in [0.05, 0.1) is 11.9 Å². The minimum Gasteiger partial charge on any atom is -0.431 e. The SMILES string of the molecule is C[C@]12CC[C@H](N(CCN)C(=O)N[C@H]3CCCNC3)C[C@H]1CC[C@@H]1[C@@H]2CC[C@]2(C)[C@@H](c3ccc(=O)oc3)CC[C@]12O. The van der Waals surface area contributed by atoms with Crippen molar-refractivity contribution in [3.05, 3.63) is 34.4 Å². The van der Waals surface area contributed by atoms with E-state index in [1.807, 2.05) is 11.0 Å². The highest BCUT2D eigenvalue weighted by molar-refractivity contribution is 5.75. The first-order valence-electron chi connectivity index (χ1n) is 16.0. The van der Waals surface area contributed by atoms with Crippen molar-refractivity contribution in [2.45, 2.75) is 108 Å². The van der Waals surface area contributed by atoms with Gasteiger partial charge in [-0.15, -0.1) is 0 Å². The van der Waals surface area contributed by atoms with E-state index in [4.69, 9.17) is 10.2 Å². The molecule has 1 aliphatic heterocycles. The molecule has 2 amide bonds. The quantitative estimate of drug-likeness (QED) is 0.437. The molecule has 5 fully saturated rings. The first-order valence-corrected chi connectivity index (χ1v) is 16.0. The van der Waals surface area contributed by atoms with Crippen molar-refractivity contribution in [1.82, 2.24) is 15.5 Å². The van der Waals surface area contributed by atoms with Gasteiger partial charge in [0.25, 0.3) is 0 Å². The molecule has 0 bridgehead atoms. The van der Waals surface area contributed by atoms with Crippen molar-refractivity contribution in [3.8, 4) is 0 Å². The Bertz CT molecular complexity index is 1120. The molecule has 1 aromatic heterocycles. The number of hydrogen-bond acceptors (Lipinski definition) is 6. The van der Waals surface area contributed by atoms with Gasteiger partial charge in [-0.05, 0) is 118 Å². The van der Waals surface area contributed by atoms with E-state index in [0.29, 0.717) is 30.8 Å². The Hall–Kier alpha value is -1.90. The number of nitrogens with zero attached hydrogens (tertiary/aromatic N) is 1. The molecule has 0 spiro atoms. The predicted molar refractivity (Wildman–Crippen MR) is 155 cm³/mol. The highest BCUT2D eigenvalue weighted by Crippen LogP contribution is 2.70. The van der Waals surface area contributed by atoms with Crippen LogP contribution in [0.5, 0.6) is 0 Å². The molecular weight excluding hydrogens is 504 g/mol. The molecule has 8 nitrogen and oxygen atoms in total. The van der Waals surface area contributed by atoms with Crippen LogP contribution in [0.4, 0.5) is 4.79 Å². The van der Waals surface area contributed by atoms with Crippen LogP contribution in [0.15, 0.2) is 27.6 Å². The molecule has 8 heteroatoms. The number of carbonyl (C=O) groups excluding carboxylic acids is 1. The zero-order valence-electron chi connectivity index (χ0n) is 24.5. The Balaban J connectivity index is 1.17. The average molecular weight is 555 g/mol. The lowest BCUT2D eigenvalue weighted by Gasteiger charge is -2.64. The standard InChI is InChI=1S/C32H50N4O4/c1-30-12-9-24(36(17-15-33)29(38)35-23-4-3-16-34-19-23)18-22(30)6-7-27-26(30)10-13-31(2)25(11-14-32(27,31)39)21-5-8-28(37)40-20-21/h5,8,20,22-27,34,39H,3-4,6-7,9-19,33H2,1-2H3,(H,35,38)/t22-,23+,24+,25-,26+,27-,30+,31-,32+/m1/s1. The summed E-state index contributed by atoms with van der Waals surface area (Å²) in [6, 6.07) is 3.91. The lowest BCUT2D eigenvalue weighted by atomic mass is 9.43. The van der Waals surface area contributed by atoms with E-state index in [2.05, 4.69) is 24.5 Å². The van der Waals surface area contributed by atoms with Crippen molar-refractivity contribution in [3.63, 3.8) is 0 Å². The number of rotatable bonds is 5. The Kier molecular flexibility index (Phi) is 7.58. The fraction of sp³-hybridized carbons (Fsp3) is 0.812. The molecule has 40 heavy (non-hydrogen) atoms. The Morgan fingerprint density at radius 2 is 1.98 bits per heavy atom. The zero-order chi connectivity index (χ0) is 28.1. The van der Waals surface area contributed by atoms with Crippen molar-refractivity contribution < 1.29 is 14.3 Å². The molecule has 222 valence electrons. The minimum absolute atomic E-state index is 0.0536. The summed E-state index contributed by atoms with van der Waals surface area (Å²) in [5, 5.41) is 19.2. The van der Waals surface area contributed by atoms with Gasteiger partial charge in [0, 0.05) is 43.2 Å². The number of nitrogens with one attached hydrogen (secondary N) is 2. The van der Waals surface area contributed by atoms with E-state index in [1.54, 1.807) is 6.26 Å². The molecule has 4 aliphatic carbocycles. The summed E-state index contributed by atoms with van der Waals surface area (Å²) in [6.45, 7) is 7.75. The van der Waals surface area contributed by atoms with E-state index >= 15 is 0 Å². The lowest BCUT2D eigenvalue weighted by Crippen LogP contribution is -2.63. The van der Waals surface area contributed by atoms with Crippen LogP contribution in [0.3, 0.4) is 0 Å². The second-order valence-corrected chi connectivity index (χ2v) is 14.3. The highest BCUT2D eigenvalue weighted by atomic mass is 16.4. The molecule has 9 atom stereocenters. The minimum atomic E-state index is -0.693. The average Bonchev–Trinajstić information content (AvgIpc) is 3.23. The first kappa shape index (κ1) is 28.2. The maximum absolute atomic E-state index is 13.4. The van der Waals surface area contributed by atoms with Crippen LogP contribution < -0.4 is 22.0 Å². The van der Waals surface area contributed by atoms with E-state index in [1.165, 1.54) is 6.07 Å². The largest absolute Gasteiger partial charge is 0.431 e. The summed E-state index contributed by atoms with van der Waals surface area (Å²) in [6.07, 6.45) is 13.0. The van der Waals surface area contributed by atoms with Gasteiger partial charge in [-0.25, -0.2) is 9.59 Å². The van der Waals surface area contributed by atoms with Gasteiger partial charge in [-0.2, -0.15) is 0 Å². The summed E-state index contributed by atoms with van der Waals surface area (Å²) >= 11 is 0. The molecule has 5 N–H and O–H groups in total. The number of aliphatic hydroxyl groups is 1. The van der Waals surface area contributed by atoms with Gasteiger partial charge < -0.3 is 30.8 Å². The predicted octanol–water partition coefficient (Wildman–Crippen LogP) is 3.97. The number of amides is 2. The van der Waals surface area contributed by atoms with Crippen LogP contribution >= 0.6 is 0 Å². The number of hydrogen-bond donors (Lipinski definition) is 4. The molecule has 2 heterocycles. The van der Waals surface area contributed by atoms with Gasteiger partial charge in [0.15, 0.2) is 0 Å². The fourth-order valence-corrected chi connectivity index (χ4v) is 10.4. The summed E-state index contributed by atoms with van der Waals surface area (Å²) < 4.78 is 5.25. The van der Waals surface area contributed by atoms with Gasteiger partial charge in [0.1, 0.15) is 0 Å². The van der Waals surface area contributed by atoms with Crippen LogP contribution in [-0.4, -0.2) is 59.9 Å². The maximum Gasteiger partial charge on any atom is 0.335 e. The number of carbonyl (C=O) groups is 1. The van der Waals surface area contributed by atoms with Crippen molar-refractivity contribution >= 4 is 6.03 Å². The lowest BCUT2D eigenvalue weighted by molar-refractivity contribution is -0.203. The Morgan fingerprint density at radius 1 is 1.12 bits per heavy atom. The van der Waals surface area contributed by atoms with Gasteiger partial charge in [-0.3, -0.25) is 0 Å². The Morgan fingerprint density at radius 3 is 2.70 bits per heavy atom. The number of piperidine rings is 1.